The topological polar surface area (TPSA) is 263 Å². The number of benzene rings is 1. The number of rotatable bonds is 12. The normalized spacial score (nSPS) is 20.3. The number of ether oxygens (including phenoxy) is 1. The summed E-state index contributed by atoms with van der Waals surface area (Å²) < 4.78 is 9.60. The predicted molar refractivity (Wildman–Crippen MR) is 330 cm³/mol. The molecular formula is C64H80N16O7. The average molecular weight is 1190 g/mol. The van der Waals surface area contributed by atoms with Crippen molar-refractivity contribution in [2.24, 2.45) is 11.8 Å². The highest BCUT2D eigenvalue weighted by Gasteiger charge is 2.39. The summed E-state index contributed by atoms with van der Waals surface area (Å²) in [6.07, 6.45) is 21.9. The van der Waals surface area contributed by atoms with Crippen LogP contribution in [0.1, 0.15) is 149 Å². The third-order valence-electron chi connectivity index (χ3n) is 17.9. The fourth-order valence-electron chi connectivity index (χ4n) is 13.3. The lowest BCUT2D eigenvalue weighted by Gasteiger charge is -2.26. The van der Waals surface area contributed by atoms with Gasteiger partial charge >= 0.3 is 12.1 Å². The summed E-state index contributed by atoms with van der Waals surface area (Å²) in [6.45, 7) is 5.78. The van der Waals surface area contributed by atoms with E-state index in [1.807, 2.05) is 62.9 Å². The molecule has 10 heterocycles. The molecule has 7 aromatic rings. The number of carbonyl (C=O) groups is 5. The van der Waals surface area contributed by atoms with Gasteiger partial charge < -0.3 is 59.8 Å². The number of carboxylic acids is 1. The number of nitrogens with one attached hydrogen (secondary N) is 4. The Morgan fingerprint density at radius 1 is 0.621 bits per heavy atom. The number of anilines is 4. The van der Waals surface area contributed by atoms with Gasteiger partial charge in [-0.15, -0.1) is 0 Å². The van der Waals surface area contributed by atoms with Crippen LogP contribution in [0.4, 0.5) is 28.3 Å². The number of amides is 4. The molecule has 0 radical (unpaired) electrons. The molecule has 2 saturated carbocycles. The van der Waals surface area contributed by atoms with E-state index in [0.29, 0.717) is 76.7 Å². The molecule has 1 aromatic carbocycles. The number of hydrogen-bond acceptors (Lipinski definition) is 16. The Hall–Kier alpha value is -8.57. The molecule has 4 atom stereocenters. The highest BCUT2D eigenvalue weighted by atomic mass is 16.6. The van der Waals surface area contributed by atoms with Crippen molar-refractivity contribution in [1.29, 1.82) is 0 Å². The van der Waals surface area contributed by atoms with Gasteiger partial charge in [0.2, 0.25) is 11.9 Å². The second-order valence-electron chi connectivity index (χ2n) is 24.1. The fourth-order valence-corrected chi connectivity index (χ4v) is 13.3. The van der Waals surface area contributed by atoms with E-state index in [1.165, 1.54) is 37.9 Å². The van der Waals surface area contributed by atoms with Gasteiger partial charge in [0.15, 0.2) is 0 Å². The highest BCUT2D eigenvalue weighted by molar-refractivity contribution is 5.99. The van der Waals surface area contributed by atoms with E-state index in [-0.39, 0.29) is 41.5 Å². The van der Waals surface area contributed by atoms with Gasteiger partial charge in [-0.05, 0) is 131 Å². The first-order valence-electron chi connectivity index (χ1n) is 30.9. The first-order valence-corrected chi connectivity index (χ1v) is 30.9. The fraction of sp³-hybridized carbons (Fsp3) is 0.484. The zero-order chi connectivity index (χ0) is 60.6. The van der Waals surface area contributed by atoms with Gasteiger partial charge in [0, 0.05) is 108 Å². The number of carbonyl (C=O) groups excluding carboxylic acids is 4. The Labute approximate surface area is 506 Å². The van der Waals surface area contributed by atoms with E-state index in [1.54, 1.807) is 68.7 Å². The third kappa shape index (κ3) is 14.0. The molecule has 6 aliphatic rings. The second kappa shape index (κ2) is 27.4. The van der Waals surface area contributed by atoms with Crippen LogP contribution in [-0.4, -0.2) is 173 Å². The van der Waals surface area contributed by atoms with Crippen molar-refractivity contribution in [2.75, 3.05) is 78.1 Å². The van der Waals surface area contributed by atoms with Crippen LogP contribution in [0.15, 0.2) is 91.5 Å². The summed E-state index contributed by atoms with van der Waals surface area (Å²) in [5.41, 5.74) is 4.46. The maximum absolute atomic E-state index is 13.2. The molecule has 0 spiro atoms. The minimum absolute atomic E-state index is 0.0311. The number of pyridine rings is 2. The van der Waals surface area contributed by atoms with E-state index in [0.717, 1.165) is 125 Å². The number of fused-ring (bicyclic) bond motifs is 4. The van der Waals surface area contributed by atoms with Crippen LogP contribution >= 0.6 is 0 Å². The smallest absolute Gasteiger partial charge is 0.410 e. The minimum Gasteiger partial charge on any atom is -0.478 e. The number of nitrogens with zero attached hydrogens (tertiary/aromatic N) is 12. The summed E-state index contributed by atoms with van der Waals surface area (Å²) >= 11 is 0. The number of hydrogen-bond donors (Lipinski definition) is 5. The molecular weight excluding hydrogens is 1100 g/mol. The van der Waals surface area contributed by atoms with Gasteiger partial charge in [-0.1, -0.05) is 56.0 Å². The summed E-state index contributed by atoms with van der Waals surface area (Å²) in [5.74, 6) is 2.00. The van der Waals surface area contributed by atoms with E-state index in [2.05, 4.69) is 50.8 Å². The number of likely N-dealkylation sites (tertiary alicyclic amines) is 2. The molecule has 0 bridgehead atoms. The Morgan fingerprint density at radius 2 is 1.20 bits per heavy atom. The molecule has 23 nitrogen and oxygen atoms in total. The zero-order valence-corrected chi connectivity index (χ0v) is 50.2. The first-order chi connectivity index (χ1) is 42.3. The quantitative estimate of drug-likeness (QED) is 0.0764. The van der Waals surface area contributed by atoms with E-state index in [9.17, 15) is 24.0 Å². The van der Waals surface area contributed by atoms with Crippen LogP contribution in [0.25, 0.3) is 22.1 Å². The molecule has 4 aliphatic heterocycles. The van der Waals surface area contributed by atoms with Crippen molar-refractivity contribution in [1.82, 2.24) is 69.3 Å². The van der Waals surface area contributed by atoms with Crippen molar-refractivity contribution in [3.05, 3.63) is 120 Å². The molecule has 87 heavy (non-hydrogen) atoms. The molecule has 6 fully saturated rings. The molecule has 13 rings (SSSR count). The van der Waals surface area contributed by atoms with Crippen LogP contribution in [-0.2, 0) is 11.3 Å². The lowest BCUT2D eigenvalue weighted by Crippen LogP contribution is -2.43. The van der Waals surface area contributed by atoms with Crippen molar-refractivity contribution in [3.8, 4) is 0 Å². The standard InChI is InChI=1S/C28H36N8O2.C20H22N6O3.C16H22N2O2/c1-34(2)27(38)23-14-20-16-31-28(33-25(20)36(23)21-7-3-4-8-21)32-24-10-9-19(15-30-24)26(37)35-13-5-6-18-11-12-29-22(18)17-35;1-25(2)18(27)15-9-13-11-22-20(23-16-8-7-12(10-21-16)19(28)29)24-17(13)26(15)14-5-3-4-6-14;19-16(20-12-13-5-2-1-3-6-13)18-10-8-14-7-4-9-17-11-15(14)18/h9-10,14-16,18,21-22,29H,3-8,11-13,17H2,1-2H3,(H,30,31,32,33);7-11,14H,3-6H2,1-2H3,(H,28,29)(H,21,22,23,24);1-3,5-6,14-15,17H,4,7-12H2/t18-,22-;;14-,15-/m1.1/s1. The van der Waals surface area contributed by atoms with Gasteiger partial charge in [0.1, 0.15) is 40.9 Å². The Morgan fingerprint density at radius 3 is 1.75 bits per heavy atom. The van der Waals surface area contributed by atoms with Gasteiger partial charge in [-0.2, -0.15) is 9.97 Å². The predicted octanol–water partition coefficient (Wildman–Crippen LogP) is 9.08. The third-order valence-corrected chi connectivity index (χ3v) is 17.9. The number of carboxylic acid groups (broad SMARTS) is 1. The van der Waals surface area contributed by atoms with E-state index < -0.39 is 5.97 Å². The van der Waals surface area contributed by atoms with Crippen molar-refractivity contribution in [2.45, 2.75) is 121 Å². The zero-order valence-electron chi connectivity index (χ0n) is 50.2. The molecule has 5 N–H and O–H groups in total. The summed E-state index contributed by atoms with van der Waals surface area (Å²) in [5, 5.41) is 23.8. The van der Waals surface area contributed by atoms with E-state index in [4.69, 9.17) is 14.8 Å². The monoisotopic (exact) mass is 1180 g/mol. The number of aromatic nitrogens is 8. The van der Waals surface area contributed by atoms with Crippen molar-refractivity contribution < 1.29 is 33.8 Å². The molecule has 458 valence electrons. The number of aromatic carboxylic acids is 1. The molecule has 23 heteroatoms. The maximum atomic E-state index is 13.2. The second-order valence-corrected chi connectivity index (χ2v) is 24.1. The highest BCUT2D eigenvalue weighted by Crippen LogP contribution is 2.37. The Balaban J connectivity index is 0.000000142. The van der Waals surface area contributed by atoms with Crippen LogP contribution < -0.4 is 21.3 Å². The maximum Gasteiger partial charge on any atom is 0.410 e. The molecule has 6 aromatic heterocycles. The molecule has 0 unspecified atom stereocenters. The SMILES string of the molecule is CN(C)C(=O)c1cc2cnc(Nc3ccc(C(=O)N4CCC[C@@H]5CCN[C@@H]5C4)cn3)nc2n1C1CCCC1.CN(C)C(=O)c1cc2cnc(Nc3ccc(C(=O)O)cn3)nc2n1C1CCCC1.O=C(OCc1ccccc1)N1CC[C@H]2CCCNC[C@H]21. The lowest BCUT2D eigenvalue weighted by molar-refractivity contribution is 0.0694. The molecule has 4 amide bonds. The summed E-state index contributed by atoms with van der Waals surface area (Å²) in [7, 11) is 7.02. The van der Waals surface area contributed by atoms with E-state index >= 15 is 0 Å². The van der Waals surface area contributed by atoms with Crippen molar-refractivity contribution in [3.63, 3.8) is 0 Å². The van der Waals surface area contributed by atoms with Crippen molar-refractivity contribution >= 4 is 75.4 Å². The molecule has 4 saturated heterocycles. The first kappa shape index (κ1) is 60.1. The molecule has 2 aliphatic carbocycles. The Kier molecular flexibility index (Phi) is 19.0. The minimum atomic E-state index is -1.03. The van der Waals surface area contributed by atoms with Gasteiger partial charge in [0.25, 0.3) is 17.7 Å². The summed E-state index contributed by atoms with van der Waals surface area (Å²) in [6, 6.07) is 21.4. The largest absolute Gasteiger partial charge is 0.478 e. The van der Waals surface area contributed by atoms with Gasteiger partial charge in [-0.25, -0.2) is 29.5 Å². The van der Waals surface area contributed by atoms with Crippen LogP contribution in [0.3, 0.4) is 0 Å². The average Bonchev–Trinajstić information content (AvgIpc) is 2.00. The Bertz CT molecular complexity index is 3540. The van der Waals surface area contributed by atoms with Crippen LogP contribution in [0, 0.1) is 11.8 Å². The van der Waals surface area contributed by atoms with Crippen LogP contribution in [0.5, 0.6) is 0 Å². The van der Waals surface area contributed by atoms with Gasteiger partial charge in [0.05, 0.1) is 17.2 Å². The van der Waals surface area contributed by atoms with Gasteiger partial charge in [-0.3, -0.25) is 14.4 Å². The summed E-state index contributed by atoms with van der Waals surface area (Å²) in [4.78, 5) is 96.0. The lowest BCUT2D eigenvalue weighted by atomic mass is 9.96. The van der Waals surface area contributed by atoms with Crippen LogP contribution in [0.2, 0.25) is 0 Å².